The monoisotopic (exact) mass is 293 g/mol. The van der Waals surface area contributed by atoms with Crippen molar-refractivity contribution in [2.45, 2.75) is 44.5 Å². The molecule has 0 saturated carbocycles. The Morgan fingerprint density at radius 3 is 2.38 bits per heavy atom. The Kier molecular flexibility index (Phi) is 3.76. The van der Waals surface area contributed by atoms with Crippen LogP contribution >= 0.6 is 0 Å². The fourth-order valence-electron chi connectivity index (χ4n) is 1.14. The molecule has 0 amide bonds. The van der Waals surface area contributed by atoms with Gasteiger partial charge in [-0.2, -0.15) is 0 Å². The molecule has 0 aromatic carbocycles. The van der Waals surface area contributed by atoms with Crippen molar-refractivity contribution >= 4 is 0 Å². The minimum atomic E-state index is 0.0383. The van der Waals surface area contributed by atoms with Gasteiger partial charge in [-0.05, 0) is 0 Å². The van der Waals surface area contributed by atoms with Crippen LogP contribution in [-0.2, 0) is 0 Å². The first-order valence-electron chi connectivity index (χ1n) is 4.71. The van der Waals surface area contributed by atoms with Gasteiger partial charge in [0.15, 0.2) is 0 Å². The zero-order chi connectivity index (χ0) is 10.0. The fourth-order valence-corrected chi connectivity index (χ4v) is 3.67. The Morgan fingerprint density at radius 2 is 1.92 bits per heavy atom. The van der Waals surface area contributed by atoms with Crippen molar-refractivity contribution in [2.24, 2.45) is 0 Å². The summed E-state index contributed by atoms with van der Waals surface area (Å²) in [6, 6.07) is 2.22. The van der Waals surface area contributed by atoms with Gasteiger partial charge in [0, 0.05) is 0 Å². The molecular formula is C10H18IN2-. The Morgan fingerprint density at radius 1 is 1.31 bits per heavy atom. The van der Waals surface area contributed by atoms with Crippen LogP contribution in [0, 0.1) is 6.92 Å². The van der Waals surface area contributed by atoms with E-state index in [1.165, 1.54) is 5.69 Å². The third-order valence-corrected chi connectivity index (χ3v) is 4.11. The van der Waals surface area contributed by atoms with Gasteiger partial charge >= 0.3 is 91.4 Å². The molecule has 0 unspecified atom stereocenters. The quantitative estimate of drug-likeness (QED) is 0.546. The summed E-state index contributed by atoms with van der Waals surface area (Å²) in [6.45, 7) is 11.1. The Bertz CT molecular complexity index is 276. The van der Waals surface area contributed by atoms with E-state index in [0.29, 0.717) is 5.92 Å². The van der Waals surface area contributed by atoms with Gasteiger partial charge in [-0.15, -0.1) is 0 Å². The fraction of sp³-hybridized carbons (Fsp3) is 0.700. The zero-order valence-electron chi connectivity index (χ0n) is 9.00. The van der Waals surface area contributed by atoms with Crippen molar-refractivity contribution < 1.29 is 21.5 Å². The van der Waals surface area contributed by atoms with E-state index in [9.17, 15) is 0 Å². The van der Waals surface area contributed by atoms with Crippen LogP contribution in [0.4, 0.5) is 0 Å². The van der Waals surface area contributed by atoms with Crippen molar-refractivity contribution in [1.29, 1.82) is 0 Å². The molecule has 0 atom stereocenters. The summed E-state index contributed by atoms with van der Waals surface area (Å²) in [5.74, 6) is 0.597. The van der Waals surface area contributed by atoms with Gasteiger partial charge in [-0.1, -0.05) is 0 Å². The first kappa shape index (κ1) is 11.0. The van der Waals surface area contributed by atoms with Crippen LogP contribution in [0.2, 0.25) is 0 Å². The molecule has 0 aliphatic rings. The van der Waals surface area contributed by atoms with Crippen LogP contribution in [0.15, 0.2) is 6.07 Å². The molecule has 0 bridgehead atoms. The average Bonchev–Trinajstić information content (AvgIpc) is 2.29. The molecule has 0 N–H and O–H groups in total. The Labute approximate surface area is 91.3 Å². The molecule has 76 valence electrons. The second-order valence-electron chi connectivity index (χ2n) is 3.84. The van der Waals surface area contributed by atoms with Gasteiger partial charge in [0.25, 0.3) is 0 Å². The van der Waals surface area contributed by atoms with Crippen LogP contribution in [0.25, 0.3) is 0 Å². The van der Waals surface area contributed by atoms with Crippen LogP contribution in [0.3, 0.4) is 0 Å². The van der Waals surface area contributed by atoms with Gasteiger partial charge in [0.1, 0.15) is 0 Å². The van der Waals surface area contributed by atoms with Crippen molar-refractivity contribution in [3.8, 4) is 0 Å². The van der Waals surface area contributed by atoms with Crippen molar-refractivity contribution in [2.75, 3.05) is 0 Å². The van der Waals surface area contributed by atoms with Gasteiger partial charge in [0.2, 0.25) is 0 Å². The average molecular weight is 293 g/mol. The first-order valence-corrected chi connectivity index (χ1v) is 6.92. The molecule has 3 heteroatoms. The third kappa shape index (κ3) is 2.97. The second kappa shape index (κ2) is 4.44. The number of halogens is 1. The number of aromatic nitrogens is 2. The maximum absolute atomic E-state index is 4.54. The molecule has 2 nitrogen and oxygen atoms in total. The summed E-state index contributed by atoms with van der Waals surface area (Å²) in [4.78, 5) is 0. The first-order chi connectivity index (χ1) is 6.00. The van der Waals surface area contributed by atoms with E-state index < -0.39 is 0 Å². The second-order valence-corrected chi connectivity index (χ2v) is 7.80. The standard InChI is InChI=1S/C10H18IN2/c1-7(2)10-6-9(5)12-13(10)11-8(3)4/h6-8H,1-5H3/q-1. The summed E-state index contributed by atoms with van der Waals surface area (Å²) < 4.78 is 3.03. The number of hydrogen-bond acceptors (Lipinski definition) is 1. The topological polar surface area (TPSA) is 17.8 Å². The molecule has 1 rings (SSSR count). The molecule has 1 aromatic rings. The van der Waals surface area contributed by atoms with Gasteiger partial charge in [-0.3, -0.25) is 0 Å². The number of alkyl halides is 1. The van der Waals surface area contributed by atoms with E-state index in [2.05, 4.69) is 48.7 Å². The molecule has 0 aliphatic heterocycles. The summed E-state index contributed by atoms with van der Waals surface area (Å²) in [6.07, 6.45) is 0. The van der Waals surface area contributed by atoms with Crippen LogP contribution in [0.1, 0.15) is 45.0 Å². The maximum atomic E-state index is 4.54. The van der Waals surface area contributed by atoms with E-state index in [1.807, 2.05) is 0 Å². The van der Waals surface area contributed by atoms with E-state index in [1.54, 1.807) is 0 Å². The van der Waals surface area contributed by atoms with E-state index in [4.69, 9.17) is 0 Å². The molecule has 1 heterocycles. The molecule has 1 aromatic heterocycles. The molecular weight excluding hydrogens is 275 g/mol. The third-order valence-electron chi connectivity index (χ3n) is 1.69. The van der Waals surface area contributed by atoms with E-state index >= 15 is 0 Å². The normalized spacial score (nSPS) is 11.9. The molecule has 0 fully saturated rings. The van der Waals surface area contributed by atoms with Crippen LogP contribution < -0.4 is 21.5 Å². The van der Waals surface area contributed by atoms with Crippen molar-refractivity contribution in [3.05, 3.63) is 17.5 Å². The molecule has 0 radical (unpaired) electrons. The van der Waals surface area contributed by atoms with Crippen LogP contribution in [-0.4, -0.2) is 11.9 Å². The number of nitrogens with zero attached hydrogens (tertiary/aromatic N) is 2. The minimum absolute atomic E-state index is 0.0383. The Balaban J connectivity index is 2.91. The van der Waals surface area contributed by atoms with Gasteiger partial charge < -0.3 is 0 Å². The van der Waals surface area contributed by atoms with Gasteiger partial charge in [0.05, 0.1) is 0 Å². The summed E-state index contributed by atoms with van der Waals surface area (Å²) in [5.41, 5.74) is 2.56. The Hall–Kier alpha value is -0.0600. The predicted molar refractivity (Wildman–Crippen MR) is 51.6 cm³/mol. The molecule has 0 spiro atoms. The van der Waals surface area contributed by atoms with E-state index in [-0.39, 0.29) is 21.5 Å². The zero-order valence-corrected chi connectivity index (χ0v) is 11.2. The summed E-state index contributed by atoms with van der Waals surface area (Å²) >= 11 is 0.0383. The van der Waals surface area contributed by atoms with Crippen LogP contribution in [0.5, 0.6) is 0 Å². The van der Waals surface area contributed by atoms with Crippen molar-refractivity contribution in [3.63, 3.8) is 0 Å². The molecule has 0 aliphatic carbocycles. The predicted octanol–water partition coefficient (Wildman–Crippen LogP) is -0.425. The molecule has 0 saturated heterocycles. The van der Waals surface area contributed by atoms with E-state index in [0.717, 1.165) is 9.62 Å². The molecule has 13 heavy (non-hydrogen) atoms. The van der Waals surface area contributed by atoms with Gasteiger partial charge in [-0.25, -0.2) is 0 Å². The van der Waals surface area contributed by atoms with Crippen molar-refractivity contribution in [1.82, 2.24) is 7.99 Å². The SMILES string of the molecule is Cc1cc(C(C)C)n([I-]C(C)C)n1. The number of hydrogen-bond donors (Lipinski definition) is 0. The number of aryl methyl sites for hydroxylation is 1. The summed E-state index contributed by atoms with van der Waals surface area (Å²) in [5, 5.41) is 4.54. The number of rotatable bonds is 3. The summed E-state index contributed by atoms with van der Waals surface area (Å²) in [7, 11) is 0.